The highest BCUT2D eigenvalue weighted by Gasteiger charge is 2.35. The van der Waals surface area contributed by atoms with Crippen molar-refractivity contribution in [3.05, 3.63) is 29.8 Å². The molecule has 0 radical (unpaired) electrons. The topological polar surface area (TPSA) is 86.7 Å². The molecule has 1 saturated heterocycles. The summed E-state index contributed by atoms with van der Waals surface area (Å²) in [6.07, 6.45) is 0.853. The molecule has 1 aliphatic heterocycles. The van der Waals surface area contributed by atoms with E-state index in [1.165, 1.54) is 0 Å². The van der Waals surface area contributed by atoms with Gasteiger partial charge in [0.25, 0.3) is 0 Å². The van der Waals surface area contributed by atoms with Gasteiger partial charge in [-0.2, -0.15) is 0 Å². The SMILES string of the molecule is CC(Cc1ccc(NC(=O)C2CSCN2C(=O)CC(C)(C)C)cc1)C(=O)O. The van der Waals surface area contributed by atoms with Gasteiger partial charge in [-0.05, 0) is 29.5 Å². The molecule has 0 bridgehead atoms. The minimum atomic E-state index is -0.828. The molecule has 1 aromatic carbocycles. The van der Waals surface area contributed by atoms with Gasteiger partial charge < -0.3 is 15.3 Å². The van der Waals surface area contributed by atoms with E-state index in [0.717, 1.165) is 5.56 Å². The van der Waals surface area contributed by atoms with Gasteiger partial charge in [0, 0.05) is 17.9 Å². The summed E-state index contributed by atoms with van der Waals surface area (Å²) in [6.45, 7) is 7.70. The summed E-state index contributed by atoms with van der Waals surface area (Å²) in [5.41, 5.74) is 1.43. The van der Waals surface area contributed by atoms with Gasteiger partial charge in [-0.3, -0.25) is 14.4 Å². The van der Waals surface area contributed by atoms with Crippen LogP contribution in [0.1, 0.15) is 39.7 Å². The van der Waals surface area contributed by atoms with E-state index in [0.29, 0.717) is 30.2 Å². The molecule has 0 spiro atoms. The van der Waals surface area contributed by atoms with Crippen LogP contribution >= 0.6 is 11.8 Å². The van der Waals surface area contributed by atoms with Crippen molar-refractivity contribution in [3.8, 4) is 0 Å². The number of hydrogen-bond donors (Lipinski definition) is 2. The van der Waals surface area contributed by atoms with E-state index >= 15 is 0 Å². The first kappa shape index (κ1) is 21.3. The Hall–Kier alpha value is -2.02. The van der Waals surface area contributed by atoms with Gasteiger partial charge in [0.2, 0.25) is 11.8 Å². The number of hydrogen-bond acceptors (Lipinski definition) is 4. The number of anilines is 1. The molecular formula is C20H28N2O4S. The number of aliphatic carboxylic acids is 1. The summed E-state index contributed by atoms with van der Waals surface area (Å²) < 4.78 is 0. The Morgan fingerprint density at radius 3 is 2.44 bits per heavy atom. The first-order valence-corrected chi connectivity index (χ1v) is 10.2. The minimum Gasteiger partial charge on any atom is -0.481 e. The second kappa shape index (κ2) is 8.78. The van der Waals surface area contributed by atoms with E-state index in [9.17, 15) is 14.4 Å². The number of carbonyl (C=O) groups is 3. The summed E-state index contributed by atoms with van der Waals surface area (Å²) in [5.74, 6) is -0.330. The van der Waals surface area contributed by atoms with Crippen LogP contribution < -0.4 is 5.32 Å². The molecule has 2 amide bonds. The molecule has 0 aromatic heterocycles. The largest absolute Gasteiger partial charge is 0.481 e. The Balaban J connectivity index is 1.97. The van der Waals surface area contributed by atoms with Gasteiger partial charge in [-0.25, -0.2) is 0 Å². The highest BCUT2D eigenvalue weighted by molar-refractivity contribution is 7.99. The predicted octanol–water partition coefficient (Wildman–Crippen LogP) is 3.23. The van der Waals surface area contributed by atoms with Crippen LogP contribution in [0.5, 0.6) is 0 Å². The van der Waals surface area contributed by atoms with Crippen molar-refractivity contribution in [3.63, 3.8) is 0 Å². The quantitative estimate of drug-likeness (QED) is 0.776. The third-order valence-corrected chi connectivity index (χ3v) is 5.38. The maximum atomic E-state index is 12.7. The molecule has 148 valence electrons. The molecule has 2 N–H and O–H groups in total. The average molecular weight is 393 g/mol. The Labute approximate surface area is 164 Å². The first-order chi connectivity index (χ1) is 12.6. The van der Waals surface area contributed by atoms with Gasteiger partial charge in [-0.15, -0.1) is 11.8 Å². The molecule has 2 unspecified atom stereocenters. The monoisotopic (exact) mass is 392 g/mol. The molecule has 1 aliphatic rings. The highest BCUT2D eigenvalue weighted by Crippen LogP contribution is 2.27. The van der Waals surface area contributed by atoms with Crippen molar-refractivity contribution in [2.24, 2.45) is 11.3 Å². The summed E-state index contributed by atoms with van der Waals surface area (Å²) in [7, 11) is 0. The maximum Gasteiger partial charge on any atom is 0.306 e. The van der Waals surface area contributed by atoms with Gasteiger partial charge in [0.1, 0.15) is 6.04 Å². The van der Waals surface area contributed by atoms with Crippen molar-refractivity contribution < 1.29 is 19.5 Å². The van der Waals surface area contributed by atoms with Crippen molar-refractivity contribution in [1.29, 1.82) is 0 Å². The lowest BCUT2D eigenvalue weighted by atomic mass is 9.91. The standard InChI is InChI=1S/C20H28N2O4S/c1-13(19(25)26)9-14-5-7-15(8-6-14)21-18(24)16-11-27-12-22(16)17(23)10-20(2,3)4/h5-8,13,16H,9-12H2,1-4H3,(H,21,24)(H,25,26). The number of benzene rings is 1. The Morgan fingerprint density at radius 2 is 1.89 bits per heavy atom. The van der Waals surface area contributed by atoms with Crippen LogP contribution in [-0.4, -0.2) is 45.5 Å². The fourth-order valence-corrected chi connectivity index (χ4v) is 4.03. The van der Waals surface area contributed by atoms with Crippen LogP contribution in [0.15, 0.2) is 24.3 Å². The molecule has 7 heteroatoms. The Bertz CT molecular complexity index is 697. The van der Waals surface area contributed by atoms with Gasteiger partial charge >= 0.3 is 5.97 Å². The number of amides is 2. The first-order valence-electron chi connectivity index (χ1n) is 9.06. The van der Waals surface area contributed by atoms with Gasteiger partial charge in [0.15, 0.2) is 0 Å². The fourth-order valence-electron chi connectivity index (χ4n) is 2.85. The second-order valence-electron chi connectivity index (χ2n) is 8.25. The number of rotatable bonds is 6. The molecule has 6 nitrogen and oxygen atoms in total. The number of carbonyl (C=O) groups excluding carboxylic acids is 2. The molecular weight excluding hydrogens is 364 g/mol. The number of thioether (sulfide) groups is 1. The third kappa shape index (κ3) is 6.27. The van der Waals surface area contributed by atoms with Crippen LogP contribution in [-0.2, 0) is 20.8 Å². The van der Waals surface area contributed by atoms with Crippen LogP contribution in [0, 0.1) is 11.3 Å². The zero-order valence-electron chi connectivity index (χ0n) is 16.3. The van der Waals surface area contributed by atoms with E-state index in [-0.39, 0.29) is 17.2 Å². The average Bonchev–Trinajstić information content (AvgIpc) is 3.05. The van der Waals surface area contributed by atoms with E-state index in [1.807, 2.05) is 32.9 Å². The van der Waals surface area contributed by atoms with Crippen molar-refractivity contribution in [2.75, 3.05) is 16.9 Å². The molecule has 0 aliphatic carbocycles. The molecule has 27 heavy (non-hydrogen) atoms. The predicted molar refractivity (Wildman–Crippen MR) is 108 cm³/mol. The molecule has 1 heterocycles. The van der Waals surface area contributed by atoms with Crippen LogP contribution in [0.25, 0.3) is 0 Å². The normalized spacial score (nSPS) is 18.2. The van der Waals surface area contributed by atoms with E-state index in [2.05, 4.69) is 5.32 Å². The molecule has 0 saturated carbocycles. The fraction of sp³-hybridized carbons (Fsp3) is 0.550. The molecule has 2 rings (SSSR count). The molecule has 2 atom stereocenters. The zero-order chi connectivity index (χ0) is 20.2. The Morgan fingerprint density at radius 1 is 1.26 bits per heavy atom. The zero-order valence-corrected chi connectivity index (χ0v) is 17.1. The summed E-state index contributed by atoms with van der Waals surface area (Å²) in [6, 6.07) is 6.72. The van der Waals surface area contributed by atoms with Crippen LogP contribution in [0.3, 0.4) is 0 Å². The van der Waals surface area contributed by atoms with Gasteiger partial charge in [-0.1, -0.05) is 39.8 Å². The number of carboxylic acid groups (broad SMARTS) is 1. The van der Waals surface area contributed by atoms with E-state index < -0.39 is 17.9 Å². The number of nitrogens with one attached hydrogen (secondary N) is 1. The van der Waals surface area contributed by atoms with E-state index in [4.69, 9.17) is 5.11 Å². The van der Waals surface area contributed by atoms with Crippen LogP contribution in [0.4, 0.5) is 5.69 Å². The smallest absolute Gasteiger partial charge is 0.306 e. The summed E-state index contributed by atoms with van der Waals surface area (Å²) in [5, 5.41) is 11.9. The maximum absolute atomic E-state index is 12.7. The van der Waals surface area contributed by atoms with E-state index in [1.54, 1.807) is 35.7 Å². The summed E-state index contributed by atoms with van der Waals surface area (Å²) in [4.78, 5) is 37.8. The van der Waals surface area contributed by atoms with Gasteiger partial charge in [0.05, 0.1) is 11.8 Å². The minimum absolute atomic E-state index is 0.00524. The molecule has 1 fully saturated rings. The number of carboxylic acids is 1. The van der Waals surface area contributed by atoms with Crippen molar-refractivity contribution in [1.82, 2.24) is 4.90 Å². The second-order valence-corrected chi connectivity index (χ2v) is 9.25. The lowest BCUT2D eigenvalue weighted by Gasteiger charge is -2.26. The Kier molecular flexibility index (Phi) is 6.92. The van der Waals surface area contributed by atoms with Crippen LogP contribution in [0.2, 0.25) is 0 Å². The summed E-state index contributed by atoms with van der Waals surface area (Å²) >= 11 is 1.58. The van der Waals surface area contributed by atoms with Crippen molar-refractivity contribution >= 4 is 35.2 Å². The lowest BCUT2D eigenvalue weighted by Crippen LogP contribution is -2.45. The highest BCUT2D eigenvalue weighted by atomic mass is 32.2. The third-order valence-electron chi connectivity index (χ3n) is 4.37. The molecule has 1 aromatic rings. The lowest BCUT2D eigenvalue weighted by molar-refractivity contribution is -0.141. The number of nitrogens with zero attached hydrogens (tertiary/aromatic N) is 1. The van der Waals surface area contributed by atoms with Crippen molar-refractivity contribution in [2.45, 2.75) is 46.6 Å².